The summed E-state index contributed by atoms with van der Waals surface area (Å²) >= 11 is 0. The van der Waals surface area contributed by atoms with Crippen LogP contribution in [0.25, 0.3) is 33.7 Å². The maximum atomic E-state index is 12.4. The summed E-state index contributed by atoms with van der Waals surface area (Å²) in [5.41, 5.74) is 2.89. The molecule has 0 radical (unpaired) electrons. The molecular weight excluding hydrogens is 849 g/mol. The Labute approximate surface area is 378 Å². The third-order valence-electron chi connectivity index (χ3n) is 9.91. The van der Waals surface area contributed by atoms with Crippen LogP contribution in [-0.4, -0.2) is 86.7 Å². The monoisotopic (exact) mass is 892 g/mol. The van der Waals surface area contributed by atoms with E-state index < -0.39 is 45.8 Å². The van der Waals surface area contributed by atoms with Gasteiger partial charge in [-0.2, -0.15) is 0 Å². The van der Waals surface area contributed by atoms with E-state index >= 15 is 0 Å². The molecule has 66 heavy (non-hydrogen) atoms. The van der Waals surface area contributed by atoms with Crippen molar-refractivity contribution in [1.82, 2.24) is 0 Å². The summed E-state index contributed by atoms with van der Waals surface area (Å²) < 4.78 is 19.4. The third-order valence-corrected chi connectivity index (χ3v) is 9.91. The van der Waals surface area contributed by atoms with Gasteiger partial charge in [-0.1, -0.05) is 72.8 Å². The van der Waals surface area contributed by atoms with Crippen LogP contribution in [0.2, 0.25) is 0 Å². The predicted octanol–water partition coefficient (Wildman–Crippen LogP) is 8.71. The zero-order valence-corrected chi connectivity index (χ0v) is 36.3. The molecule has 0 bridgehead atoms. The molecule has 0 aliphatic rings. The van der Waals surface area contributed by atoms with Gasteiger partial charge in [-0.05, 0) is 92.3 Å². The standard InChI is InChI=1S/2C25H22N2O6/c2*1-32-24(28)21(13-17-8-11-22(12-9-17)27(30)31)15-23(25(29)33-2)26-16-18-7-10-19-5-3-4-6-20(19)14-18/h2*3-14,16,23H,15H2,1-2H3/b2*21-13+,26-16?/t2*23-/m11/s1. The molecule has 0 aliphatic carbocycles. The number of benzene rings is 6. The summed E-state index contributed by atoms with van der Waals surface area (Å²) in [5.74, 6) is -2.48. The van der Waals surface area contributed by atoms with Gasteiger partial charge in [0.05, 0.1) is 38.3 Å². The molecule has 6 aromatic rings. The van der Waals surface area contributed by atoms with Crippen LogP contribution < -0.4 is 0 Å². The number of ether oxygens (including phenoxy) is 4. The topological polar surface area (TPSA) is 216 Å². The van der Waals surface area contributed by atoms with Gasteiger partial charge < -0.3 is 18.9 Å². The maximum absolute atomic E-state index is 12.4. The van der Waals surface area contributed by atoms with Crippen LogP contribution in [-0.2, 0) is 38.1 Å². The van der Waals surface area contributed by atoms with E-state index in [9.17, 15) is 39.4 Å². The highest BCUT2D eigenvalue weighted by atomic mass is 16.6. The highest BCUT2D eigenvalue weighted by molar-refractivity contribution is 5.97. The largest absolute Gasteiger partial charge is 0.467 e. The number of esters is 4. The molecule has 2 atom stereocenters. The molecule has 6 aromatic carbocycles. The number of nitro benzene ring substituents is 2. The fourth-order valence-corrected chi connectivity index (χ4v) is 6.46. The summed E-state index contributed by atoms with van der Waals surface area (Å²) in [6.45, 7) is 0. The number of fused-ring (bicyclic) bond motifs is 2. The first-order valence-electron chi connectivity index (χ1n) is 20.1. The Hall–Kier alpha value is -8.66. The van der Waals surface area contributed by atoms with Crippen LogP contribution >= 0.6 is 0 Å². The highest BCUT2D eigenvalue weighted by Crippen LogP contribution is 2.22. The molecule has 16 heteroatoms. The van der Waals surface area contributed by atoms with E-state index in [1.54, 1.807) is 12.4 Å². The summed E-state index contributed by atoms with van der Waals surface area (Å²) in [4.78, 5) is 78.9. The molecule has 0 saturated heterocycles. The number of aliphatic imine (C=N–C) groups is 2. The van der Waals surface area contributed by atoms with Crippen molar-refractivity contribution >= 4 is 81.4 Å². The minimum atomic E-state index is -0.982. The van der Waals surface area contributed by atoms with E-state index in [1.807, 2.05) is 84.9 Å². The number of rotatable bonds is 16. The summed E-state index contributed by atoms with van der Waals surface area (Å²) in [6, 6.07) is 36.7. The molecule has 0 saturated carbocycles. The smallest absolute Gasteiger partial charge is 0.333 e. The Bertz CT molecular complexity index is 2660. The number of non-ortho nitro benzene ring substituents is 2. The molecule has 0 N–H and O–H groups in total. The molecule has 16 nitrogen and oxygen atoms in total. The van der Waals surface area contributed by atoms with Gasteiger partial charge in [-0.15, -0.1) is 0 Å². The van der Waals surface area contributed by atoms with Gasteiger partial charge in [0.15, 0.2) is 12.1 Å². The second kappa shape index (κ2) is 23.7. The first-order chi connectivity index (χ1) is 31.8. The Morgan fingerprint density at radius 3 is 1.14 bits per heavy atom. The van der Waals surface area contributed by atoms with Gasteiger partial charge >= 0.3 is 23.9 Å². The van der Waals surface area contributed by atoms with Crippen molar-refractivity contribution in [3.05, 3.63) is 187 Å². The van der Waals surface area contributed by atoms with Crippen molar-refractivity contribution in [3.63, 3.8) is 0 Å². The van der Waals surface area contributed by atoms with Gasteiger partial charge in [-0.3, -0.25) is 30.2 Å². The van der Waals surface area contributed by atoms with Crippen LogP contribution in [0.4, 0.5) is 11.4 Å². The molecule has 0 unspecified atom stereocenters. The van der Waals surface area contributed by atoms with Gasteiger partial charge in [0.1, 0.15) is 0 Å². The van der Waals surface area contributed by atoms with Crippen LogP contribution in [0.15, 0.2) is 155 Å². The lowest BCUT2D eigenvalue weighted by atomic mass is 10.0. The van der Waals surface area contributed by atoms with Gasteiger partial charge in [0.25, 0.3) is 11.4 Å². The first-order valence-corrected chi connectivity index (χ1v) is 20.1. The number of nitro groups is 2. The average Bonchev–Trinajstić information content (AvgIpc) is 3.35. The Morgan fingerprint density at radius 2 is 0.818 bits per heavy atom. The maximum Gasteiger partial charge on any atom is 0.333 e. The molecule has 0 heterocycles. The zero-order chi connectivity index (χ0) is 47.6. The molecular formula is C50H44N4O12. The van der Waals surface area contributed by atoms with E-state index in [4.69, 9.17) is 18.9 Å². The molecule has 0 aromatic heterocycles. The first kappa shape index (κ1) is 48.4. The number of nitrogens with zero attached hydrogens (tertiary/aromatic N) is 4. The highest BCUT2D eigenvalue weighted by Gasteiger charge is 2.25. The van der Waals surface area contributed by atoms with Gasteiger partial charge in [-0.25, -0.2) is 19.2 Å². The van der Waals surface area contributed by atoms with Crippen molar-refractivity contribution in [1.29, 1.82) is 0 Å². The number of carbonyl (C=O) groups is 4. The number of hydrogen-bond acceptors (Lipinski definition) is 14. The van der Waals surface area contributed by atoms with Gasteiger partial charge in [0, 0.05) is 60.7 Å². The Kier molecular flexibility index (Phi) is 17.4. The number of carbonyl (C=O) groups excluding carboxylic acids is 4. The average molecular weight is 893 g/mol. The lowest BCUT2D eigenvalue weighted by Gasteiger charge is -2.12. The Balaban J connectivity index is 0.000000247. The van der Waals surface area contributed by atoms with E-state index in [2.05, 4.69) is 9.98 Å². The SMILES string of the molecule is COC(=O)/C(=C/c1ccc([N+](=O)[O-])cc1)C[C@@H](N=Cc1ccc2ccccc2c1)C(=O)OC.COC(=O)/C(=C/c1ccc([N+](=O)[O-])cc1)C[C@@H](N=Cc1ccc2ccccc2c1)C(=O)OC. The quantitative estimate of drug-likeness (QED) is 0.0223. The summed E-state index contributed by atoms with van der Waals surface area (Å²) in [5, 5.41) is 25.9. The van der Waals surface area contributed by atoms with Crippen molar-refractivity contribution in [2.45, 2.75) is 24.9 Å². The van der Waals surface area contributed by atoms with E-state index in [0.717, 1.165) is 32.7 Å². The second-order valence-corrected chi connectivity index (χ2v) is 14.3. The molecule has 0 spiro atoms. The molecule has 0 fully saturated rings. The normalized spacial score (nSPS) is 12.5. The lowest BCUT2D eigenvalue weighted by molar-refractivity contribution is -0.385. The zero-order valence-electron chi connectivity index (χ0n) is 36.3. The van der Waals surface area contributed by atoms with Crippen molar-refractivity contribution < 1.29 is 48.0 Å². The van der Waals surface area contributed by atoms with E-state index in [1.165, 1.54) is 89.1 Å². The molecule has 0 amide bonds. The van der Waals surface area contributed by atoms with Crippen LogP contribution in [0.3, 0.4) is 0 Å². The van der Waals surface area contributed by atoms with Crippen LogP contribution in [0.5, 0.6) is 0 Å². The molecule has 6 rings (SSSR count). The second-order valence-electron chi connectivity index (χ2n) is 14.3. The fraction of sp³-hybridized carbons (Fsp3) is 0.160. The molecule has 0 aliphatic heterocycles. The van der Waals surface area contributed by atoms with Crippen LogP contribution in [0, 0.1) is 20.2 Å². The van der Waals surface area contributed by atoms with E-state index in [0.29, 0.717) is 11.1 Å². The van der Waals surface area contributed by atoms with Gasteiger partial charge in [0.2, 0.25) is 0 Å². The summed E-state index contributed by atoms with van der Waals surface area (Å²) in [6.07, 6.45) is 6.01. The minimum absolute atomic E-state index is 0.0690. The predicted molar refractivity (Wildman–Crippen MR) is 250 cm³/mol. The number of hydrogen-bond donors (Lipinski definition) is 0. The fourth-order valence-electron chi connectivity index (χ4n) is 6.46. The van der Waals surface area contributed by atoms with E-state index in [-0.39, 0.29) is 35.4 Å². The summed E-state index contributed by atoms with van der Waals surface area (Å²) in [7, 11) is 4.96. The van der Waals surface area contributed by atoms with Crippen LogP contribution in [0.1, 0.15) is 35.1 Å². The lowest BCUT2D eigenvalue weighted by Crippen LogP contribution is -2.23. The van der Waals surface area contributed by atoms with Crippen molar-refractivity contribution in [2.75, 3.05) is 28.4 Å². The molecule has 336 valence electrons. The van der Waals surface area contributed by atoms with Crippen molar-refractivity contribution in [2.24, 2.45) is 9.98 Å². The number of methoxy groups -OCH3 is 4. The minimum Gasteiger partial charge on any atom is -0.467 e. The van der Waals surface area contributed by atoms with Crippen molar-refractivity contribution in [3.8, 4) is 0 Å². The Morgan fingerprint density at radius 1 is 0.485 bits per heavy atom. The third kappa shape index (κ3) is 13.7.